The fraction of sp³-hybridized carbons (Fsp3) is 0.300. The molecular weight excluding hydrogens is 324 g/mol. The number of carbonyl (C=O) groups is 1. The number of aromatic carboxylic acids is 1. The smallest absolute Gasteiger partial charge is 0.335 e. The molecule has 1 aromatic rings. The molecule has 0 spiro atoms. The lowest BCUT2D eigenvalue weighted by Gasteiger charge is -2.13. The number of nitrogens with one attached hydrogen (secondary N) is 2. The Labute approximate surface area is 114 Å². The predicted molar refractivity (Wildman–Crippen MR) is 71.9 cm³/mol. The third-order valence-electron chi connectivity index (χ3n) is 1.85. The van der Waals surface area contributed by atoms with Crippen LogP contribution in [0, 0.1) is 0 Å². The highest BCUT2D eigenvalue weighted by Gasteiger charge is 2.14. The van der Waals surface area contributed by atoms with E-state index in [4.69, 9.17) is 5.11 Å². The molecule has 0 amide bonds. The molecule has 0 atom stereocenters. The summed E-state index contributed by atoms with van der Waals surface area (Å²) in [5, 5.41) is 8.78. The molecule has 3 N–H and O–H groups in total. The van der Waals surface area contributed by atoms with Crippen molar-refractivity contribution in [2.75, 3.05) is 4.72 Å². The van der Waals surface area contributed by atoms with Gasteiger partial charge in [0.1, 0.15) is 0 Å². The van der Waals surface area contributed by atoms with Crippen LogP contribution in [0.1, 0.15) is 24.2 Å². The second kappa shape index (κ2) is 5.68. The topological polar surface area (TPSA) is 95.5 Å². The third kappa shape index (κ3) is 4.28. The minimum absolute atomic E-state index is 0.0710. The van der Waals surface area contributed by atoms with Crippen LogP contribution in [-0.4, -0.2) is 25.5 Å². The van der Waals surface area contributed by atoms with E-state index in [1.165, 1.54) is 18.2 Å². The molecule has 0 unspecified atom stereocenters. The monoisotopic (exact) mass is 336 g/mol. The van der Waals surface area contributed by atoms with Gasteiger partial charge in [-0.2, -0.15) is 13.1 Å². The summed E-state index contributed by atoms with van der Waals surface area (Å²) in [6, 6.07) is 3.79. The van der Waals surface area contributed by atoms with Crippen molar-refractivity contribution in [1.82, 2.24) is 4.72 Å². The summed E-state index contributed by atoms with van der Waals surface area (Å²) in [5.74, 6) is -1.08. The van der Waals surface area contributed by atoms with Crippen LogP contribution in [0.2, 0.25) is 0 Å². The van der Waals surface area contributed by atoms with E-state index in [2.05, 4.69) is 25.4 Å². The van der Waals surface area contributed by atoms with Gasteiger partial charge in [-0.25, -0.2) is 4.79 Å². The molecule has 0 aliphatic carbocycles. The molecule has 100 valence electrons. The molecule has 0 bridgehead atoms. The Morgan fingerprint density at radius 3 is 2.44 bits per heavy atom. The van der Waals surface area contributed by atoms with Crippen LogP contribution in [0.3, 0.4) is 0 Å². The zero-order valence-electron chi connectivity index (χ0n) is 9.77. The van der Waals surface area contributed by atoms with Crippen molar-refractivity contribution in [2.24, 2.45) is 0 Å². The molecule has 0 heterocycles. The molecule has 0 fully saturated rings. The van der Waals surface area contributed by atoms with Gasteiger partial charge in [-0.05, 0) is 48.0 Å². The Hall–Kier alpha value is -1.12. The first kappa shape index (κ1) is 14.9. The zero-order chi connectivity index (χ0) is 13.9. The van der Waals surface area contributed by atoms with Gasteiger partial charge < -0.3 is 5.11 Å². The number of carboxylic acids is 1. The van der Waals surface area contributed by atoms with Crippen LogP contribution in [0.25, 0.3) is 0 Å². The number of hydrogen-bond donors (Lipinski definition) is 3. The summed E-state index contributed by atoms with van der Waals surface area (Å²) in [5.41, 5.74) is 0.342. The highest BCUT2D eigenvalue weighted by atomic mass is 79.9. The molecule has 0 saturated heterocycles. The van der Waals surface area contributed by atoms with Gasteiger partial charge in [0, 0.05) is 10.5 Å². The quantitative estimate of drug-likeness (QED) is 0.763. The second-order valence-electron chi connectivity index (χ2n) is 3.88. The average molecular weight is 337 g/mol. The van der Waals surface area contributed by atoms with Crippen LogP contribution in [0.5, 0.6) is 0 Å². The summed E-state index contributed by atoms with van der Waals surface area (Å²) in [6.07, 6.45) is 0. The molecule has 18 heavy (non-hydrogen) atoms. The fourth-order valence-corrected chi connectivity index (χ4v) is 2.97. The van der Waals surface area contributed by atoms with Crippen molar-refractivity contribution in [2.45, 2.75) is 19.9 Å². The van der Waals surface area contributed by atoms with Gasteiger partial charge in [-0.15, -0.1) is 0 Å². The summed E-state index contributed by atoms with van der Waals surface area (Å²) < 4.78 is 28.3. The molecular formula is C10H13BrN2O4S. The van der Waals surface area contributed by atoms with Gasteiger partial charge in [0.15, 0.2) is 0 Å². The molecule has 8 heteroatoms. The first-order valence-corrected chi connectivity index (χ1v) is 7.32. The lowest BCUT2D eigenvalue weighted by Crippen LogP contribution is -2.35. The summed E-state index contributed by atoms with van der Waals surface area (Å²) >= 11 is 3.12. The lowest BCUT2D eigenvalue weighted by atomic mass is 10.2. The zero-order valence-corrected chi connectivity index (χ0v) is 12.2. The van der Waals surface area contributed by atoms with Crippen LogP contribution in [0.4, 0.5) is 5.69 Å². The molecule has 0 radical (unpaired) electrons. The maximum Gasteiger partial charge on any atom is 0.335 e. The molecule has 1 aromatic carbocycles. The standard InChI is InChI=1S/C10H13BrN2O4S/c1-6(2)12-18(16,17)13-9-4-3-7(10(14)15)5-8(9)11/h3-6,12-13H,1-2H3,(H,14,15). The normalized spacial score (nSPS) is 11.6. The van der Waals surface area contributed by atoms with E-state index in [1.54, 1.807) is 13.8 Å². The Bertz CT molecular complexity index is 557. The highest BCUT2D eigenvalue weighted by molar-refractivity contribution is 9.10. The van der Waals surface area contributed by atoms with Crippen molar-refractivity contribution in [3.63, 3.8) is 0 Å². The molecule has 6 nitrogen and oxygen atoms in total. The van der Waals surface area contributed by atoms with Crippen LogP contribution >= 0.6 is 15.9 Å². The minimum Gasteiger partial charge on any atom is -0.478 e. The third-order valence-corrected chi connectivity index (χ3v) is 3.78. The highest BCUT2D eigenvalue weighted by Crippen LogP contribution is 2.24. The van der Waals surface area contributed by atoms with Crippen molar-refractivity contribution in [3.05, 3.63) is 28.2 Å². The Balaban J connectivity index is 2.96. The van der Waals surface area contributed by atoms with Crippen LogP contribution < -0.4 is 9.44 Å². The van der Waals surface area contributed by atoms with E-state index < -0.39 is 16.2 Å². The summed E-state index contributed by atoms with van der Waals surface area (Å²) in [6.45, 7) is 3.39. The van der Waals surface area contributed by atoms with Gasteiger partial charge in [-0.1, -0.05) is 0 Å². The molecule has 0 aliphatic rings. The lowest BCUT2D eigenvalue weighted by molar-refractivity contribution is 0.0697. The van der Waals surface area contributed by atoms with E-state index >= 15 is 0 Å². The molecule has 0 aromatic heterocycles. The Morgan fingerprint density at radius 1 is 1.39 bits per heavy atom. The van der Waals surface area contributed by atoms with Crippen molar-refractivity contribution in [1.29, 1.82) is 0 Å². The fourth-order valence-electron chi connectivity index (χ4n) is 1.22. The van der Waals surface area contributed by atoms with Gasteiger partial charge in [0.25, 0.3) is 10.2 Å². The number of hydrogen-bond acceptors (Lipinski definition) is 3. The van der Waals surface area contributed by atoms with Gasteiger partial charge in [0.05, 0.1) is 11.3 Å². The molecule has 0 aliphatic heterocycles. The SMILES string of the molecule is CC(C)NS(=O)(=O)Nc1ccc(C(=O)O)cc1Br. The van der Waals surface area contributed by atoms with Gasteiger partial charge in [0.2, 0.25) is 0 Å². The van der Waals surface area contributed by atoms with E-state index in [9.17, 15) is 13.2 Å². The van der Waals surface area contributed by atoms with Gasteiger partial charge >= 0.3 is 5.97 Å². The number of benzene rings is 1. The Morgan fingerprint density at radius 2 is 2.00 bits per heavy atom. The maximum atomic E-state index is 11.6. The number of carboxylic acid groups (broad SMARTS) is 1. The number of rotatable bonds is 5. The van der Waals surface area contributed by atoms with E-state index in [0.717, 1.165) is 0 Å². The van der Waals surface area contributed by atoms with Crippen LogP contribution in [0.15, 0.2) is 22.7 Å². The average Bonchev–Trinajstić information content (AvgIpc) is 2.18. The maximum absolute atomic E-state index is 11.6. The number of halogens is 1. The number of anilines is 1. The van der Waals surface area contributed by atoms with Crippen molar-refractivity contribution < 1.29 is 18.3 Å². The van der Waals surface area contributed by atoms with E-state index in [1.807, 2.05) is 0 Å². The van der Waals surface area contributed by atoms with Gasteiger partial charge in [-0.3, -0.25) is 4.72 Å². The Kier molecular flexibility index (Phi) is 4.71. The first-order chi connectivity index (χ1) is 8.21. The predicted octanol–water partition coefficient (Wildman–Crippen LogP) is 1.80. The van der Waals surface area contributed by atoms with E-state index in [-0.39, 0.29) is 17.3 Å². The molecule has 1 rings (SSSR count). The van der Waals surface area contributed by atoms with Crippen molar-refractivity contribution in [3.8, 4) is 0 Å². The first-order valence-electron chi connectivity index (χ1n) is 5.04. The largest absolute Gasteiger partial charge is 0.478 e. The minimum atomic E-state index is -3.67. The second-order valence-corrected chi connectivity index (χ2v) is 6.18. The van der Waals surface area contributed by atoms with Crippen molar-refractivity contribution >= 4 is 37.8 Å². The van der Waals surface area contributed by atoms with Crippen LogP contribution in [-0.2, 0) is 10.2 Å². The molecule has 0 saturated carbocycles. The summed E-state index contributed by atoms with van der Waals surface area (Å²) in [7, 11) is -3.67. The van der Waals surface area contributed by atoms with E-state index in [0.29, 0.717) is 4.47 Å². The summed E-state index contributed by atoms with van der Waals surface area (Å²) in [4.78, 5) is 10.7.